The van der Waals surface area contributed by atoms with Gasteiger partial charge in [0.25, 0.3) is 0 Å². The first-order valence-electron chi connectivity index (χ1n) is 6.29. The van der Waals surface area contributed by atoms with Crippen molar-refractivity contribution >= 4 is 5.97 Å². The molecule has 21 heavy (non-hydrogen) atoms. The fraction of sp³-hybridized carbons (Fsp3) is 0.0588. The zero-order valence-electron chi connectivity index (χ0n) is 11.3. The molecule has 0 fully saturated rings. The quantitative estimate of drug-likeness (QED) is 0.478. The van der Waals surface area contributed by atoms with Gasteiger partial charge in [-0.15, -0.1) is 0 Å². The van der Waals surface area contributed by atoms with Crippen molar-refractivity contribution in [2.75, 3.05) is 6.61 Å². The van der Waals surface area contributed by atoms with Crippen LogP contribution in [0, 0.1) is 11.3 Å². The molecule has 0 heterocycles. The van der Waals surface area contributed by atoms with E-state index in [1.165, 1.54) is 0 Å². The smallest absolute Gasteiger partial charge is 0.343 e. The second-order valence-electron chi connectivity index (χ2n) is 4.15. The first kappa shape index (κ1) is 14.4. The van der Waals surface area contributed by atoms with Gasteiger partial charge in [0, 0.05) is 0 Å². The summed E-state index contributed by atoms with van der Waals surface area (Å²) in [6.45, 7) is 3.97. The third kappa shape index (κ3) is 3.95. The maximum atomic E-state index is 11.9. The van der Waals surface area contributed by atoms with E-state index < -0.39 is 5.97 Å². The molecule has 0 saturated carbocycles. The Hall–Kier alpha value is -3.06. The molecule has 0 radical (unpaired) electrons. The molecular formula is C17H13NO3. The number of ether oxygens (including phenoxy) is 2. The summed E-state index contributed by atoms with van der Waals surface area (Å²) in [5.74, 6) is 0.589. The second-order valence-corrected chi connectivity index (χ2v) is 4.15. The Morgan fingerprint density at radius 3 is 2.29 bits per heavy atom. The van der Waals surface area contributed by atoms with Crippen molar-refractivity contribution in [1.82, 2.24) is 0 Å². The van der Waals surface area contributed by atoms with Crippen molar-refractivity contribution in [1.29, 1.82) is 5.26 Å². The SMILES string of the molecule is C=CCOc1ccc(C(=O)Oc2ccc(C#N)cc2)cc1. The van der Waals surface area contributed by atoms with E-state index in [1.807, 2.05) is 6.07 Å². The normalized spacial score (nSPS) is 9.48. The fourth-order valence-corrected chi connectivity index (χ4v) is 1.61. The molecule has 0 atom stereocenters. The van der Waals surface area contributed by atoms with Crippen molar-refractivity contribution in [3.8, 4) is 17.6 Å². The van der Waals surface area contributed by atoms with Gasteiger partial charge in [0.15, 0.2) is 0 Å². The van der Waals surface area contributed by atoms with Gasteiger partial charge < -0.3 is 9.47 Å². The lowest BCUT2D eigenvalue weighted by Crippen LogP contribution is -2.08. The number of carbonyl (C=O) groups excluding carboxylic acids is 1. The van der Waals surface area contributed by atoms with Crippen LogP contribution in [0.25, 0.3) is 0 Å². The Morgan fingerprint density at radius 2 is 1.71 bits per heavy atom. The fourth-order valence-electron chi connectivity index (χ4n) is 1.61. The molecule has 0 aliphatic carbocycles. The van der Waals surface area contributed by atoms with Gasteiger partial charge in [0.05, 0.1) is 17.2 Å². The van der Waals surface area contributed by atoms with E-state index in [2.05, 4.69) is 6.58 Å². The van der Waals surface area contributed by atoms with Gasteiger partial charge in [-0.3, -0.25) is 0 Å². The summed E-state index contributed by atoms with van der Waals surface area (Å²) in [6.07, 6.45) is 1.65. The summed E-state index contributed by atoms with van der Waals surface area (Å²) < 4.78 is 10.5. The lowest BCUT2D eigenvalue weighted by atomic mass is 10.2. The van der Waals surface area contributed by atoms with E-state index in [-0.39, 0.29) is 0 Å². The Balaban J connectivity index is 2.02. The summed E-state index contributed by atoms with van der Waals surface area (Å²) in [5.41, 5.74) is 0.934. The second kappa shape index (κ2) is 6.92. The number of rotatable bonds is 5. The maximum absolute atomic E-state index is 11.9. The lowest BCUT2D eigenvalue weighted by molar-refractivity contribution is 0.0734. The first-order chi connectivity index (χ1) is 10.2. The van der Waals surface area contributed by atoms with Gasteiger partial charge >= 0.3 is 5.97 Å². The van der Waals surface area contributed by atoms with Crippen LogP contribution in [0.3, 0.4) is 0 Å². The zero-order valence-corrected chi connectivity index (χ0v) is 11.3. The minimum atomic E-state index is -0.463. The molecule has 0 aromatic heterocycles. The van der Waals surface area contributed by atoms with Gasteiger partial charge in [-0.05, 0) is 48.5 Å². The van der Waals surface area contributed by atoms with Gasteiger partial charge in [-0.25, -0.2) is 4.79 Å². The third-order valence-corrected chi connectivity index (χ3v) is 2.65. The van der Waals surface area contributed by atoms with Crippen molar-refractivity contribution in [3.05, 3.63) is 72.3 Å². The summed E-state index contributed by atoms with van der Waals surface area (Å²) in [7, 11) is 0. The Labute approximate surface area is 122 Å². The van der Waals surface area contributed by atoms with Crippen molar-refractivity contribution < 1.29 is 14.3 Å². The molecule has 0 saturated heterocycles. The lowest BCUT2D eigenvalue weighted by Gasteiger charge is -2.06. The number of nitriles is 1. The molecule has 2 rings (SSSR count). The molecule has 2 aromatic rings. The summed E-state index contributed by atoms with van der Waals surface area (Å²) >= 11 is 0. The van der Waals surface area contributed by atoms with Crippen LogP contribution in [0.4, 0.5) is 0 Å². The molecule has 104 valence electrons. The molecule has 4 heteroatoms. The molecule has 0 aliphatic heterocycles. The molecule has 0 N–H and O–H groups in total. The molecule has 0 spiro atoms. The van der Waals surface area contributed by atoms with Crippen LogP contribution in [0.1, 0.15) is 15.9 Å². The molecule has 4 nitrogen and oxygen atoms in total. The standard InChI is InChI=1S/C17H13NO3/c1-2-11-20-15-9-5-14(6-10-15)17(19)21-16-7-3-13(12-18)4-8-16/h2-10H,1,11H2. The van der Waals surface area contributed by atoms with Gasteiger partial charge in [0.1, 0.15) is 18.1 Å². The highest BCUT2D eigenvalue weighted by Crippen LogP contribution is 2.16. The highest BCUT2D eigenvalue weighted by atomic mass is 16.5. The van der Waals surface area contributed by atoms with Gasteiger partial charge in [0.2, 0.25) is 0 Å². The van der Waals surface area contributed by atoms with Crippen LogP contribution in [0.5, 0.6) is 11.5 Å². The summed E-state index contributed by atoms with van der Waals surface area (Å²) in [4.78, 5) is 11.9. The monoisotopic (exact) mass is 279 g/mol. The van der Waals surface area contributed by atoms with Crippen LogP contribution in [-0.4, -0.2) is 12.6 Å². The van der Waals surface area contributed by atoms with E-state index in [4.69, 9.17) is 14.7 Å². The highest BCUT2D eigenvalue weighted by Gasteiger charge is 2.08. The number of carbonyl (C=O) groups is 1. The van der Waals surface area contributed by atoms with E-state index in [0.717, 1.165) is 0 Å². The maximum Gasteiger partial charge on any atom is 0.343 e. The zero-order chi connectivity index (χ0) is 15.1. The van der Waals surface area contributed by atoms with Crippen LogP contribution in [0.15, 0.2) is 61.2 Å². The number of hydrogen-bond acceptors (Lipinski definition) is 4. The number of benzene rings is 2. The Kier molecular flexibility index (Phi) is 4.73. The Morgan fingerprint density at radius 1 is 1.10 bits per heavy atom. The van der Waals surface area contributed by atoms with Crippen molar-refractivity contribution in [3.63, 3.8) is 0 Å². The van der Waals surface area contributed by atoms with Crippen molar-refractivity contribution in [2.45, 2.75) is 0 Å². The predicted molar refractivity (Wildman–Crippen MR) is 78.2 cm³/mol. The number of hydrogen-bond donors (Lipinski definition) is 0. The number of nitrogens with zero attached hydrogens (tertiary/aromatic N) is 1. The minimum Gasteiger partial charge on any atom is -0.490 e. The van der Waals surface area contributed by atoms with E-state index in [1.54, 1.807) is 54.6 Å². The average molecular weight is 279 g/mol. The van der Waals surface area contributed by atoms with Crippen LogP contribution >= 0.6 is 0 Å². The van der Waals surface area contributed by atoms with E-state index in [0.29, 0.717) is 29.2 Å². The molecule has 0 amide bonds. The van der Waals surface area contributed by atoms with Gasteiger partial charge in [-0.2, -0.15) is 5.26 Å². The highest BCUT2D eigenvalue weighted by molar-refractivity contribution is 5.91. The summed E-state index contributed by atoms with van der Waals surface area (Å²) in [6, 6.07) is 15.0. The number of esters is 1. The molecule has 0 bridgehead atoms. The van der Waals surface area contributed by atoms with E-state index in [9.17, 15) is 4.79 Å². The predicted octanol–water partition coefficient (Wildman–Crippen LogP) is 3.34. The van der Waals surface area contributed by atoms with Crippen molar-refractivity contribution in [2.24, 2.45) is 0 Å². The topological polar surface area (TPSA) is 59.3 Å². The molecule has 2 aromatic carbocycles. The Bertz CT molecular complexity index is 667. The van der Waals surface area contributed by atoms with Crippen LogP contribution in [0.2, 0.25) is 0 Å². The first-order valence-corrected chi connectivity index (χ1v) is 6.29. The molecular weight excluding hydrogens is 266 g/mol. The van der Waals surface area contributed by atoms with E-state index >= 15 is 0 Å². The molecule has 0 unspecified atom stereocenters. The molecule has 0 aliphatic rings. The summed E-state index contributed by atoms with van der Waals surface area (Å²) in [5, 5.41) is 8.70. The van der Waals surface area contributed by atoms with Crippen LogP contribution in [-0.2, 0) is 0 Å². The third-order valence-electron chi connectivity index (χ3n) is 2.65. The minimum absolute atomic E-state index is 0.394. The largest absolute Gasteiger partial charge is 0.490 e. The average Bonchev–Trinajstić information content (AvgIpc) is 2.54. The van der Waals surface area contributed by atoms with Crippen LogP contribution < -0.4 is 9.47 Å². The van der Waals surface area contributed by atoms with Gasteiger partial charge in [-0.1, -0.05) is 12.7 Å².